The summed E-state index contributed by atoms with van der Waals surface area (Å²) >= 11 is 3.83. The average Bonchev–Trinajstić information content (AvgIpc) is 3.70. The van der Waals surface area contributed by atoms with Crippen molar-refractivity contribution >= 4 is 86.7 Å². The zero-order chi connectivity index (χ0) is 32.2. The maximum atomic E-state index is 2.43. The van der Waals surface area contributed by atoms with Crippen LogP contribution in [-0.2, 0) is 6.42 Å². The van der Waals surface area contributed by atoms with Crippen LogP contribution >= 0.6 is 23.1 Å². The third-order valence-corrected chi connectivity index (χ3v) is 12.4. The van der Waals surface area contributed by atoms with Crippen LogP contribution in [0.4, 0.5) is 0 Å². The average molecular weight is 653 g/mol. The van der Waals surface area contributed by atoms with Gasteiger partial charge in [-0.05, 0) is 134 Å². The number of thioether (sulfide) groups is 1. The zero-order valence-electron chi connectivity index (χ0n) is 27.3. The highest BCUT2D eigenvalue weighted by Crippen LogP contribution is 2.45. The Morgan fingerprint density at radius 3 is 1.92 bits per heavy atom. The zero-order valence-corrected chi connectivity index (χ0v) is 29.0. The molecule has 0 spiro atoms. The molecule has 232 valence electrons. The normalized spacial score (nSPS) is 17.2. The Morgan fingerprint density at radius 2 is 1.25 bits per heavy atom. The van der Waals surface area contributed by atoms with Crippen LogP contribution in [0.25, 0.3) is 63.6 Å². The number of fused-ring (bicyclic) bond motifs is 7. The number of benzene rings is 6. The smallest absolute Gasteiger partial charge is 0.0361 e. The van der Waals surface area contributed by atoms with Gasteiger partial charge in [0, 0.05) is 31.5 Å². The fraction of sp³-hybridized carbons (Fsp3) is 0.130. The van der Waals surface area contributed by atoms with Crippen molar-refractivity contribution in [2.45, 2.75) is 44.4 Å². The summed E-state index contributed by atoms with van der Waals surface area (Å²) in [7, 11) is 0. The summed E-state index contributed by atoms with van der Waals surface area (Å²) in [5.74, 6) is 0. The summed E-state index contributed by atoms with van der Waals surface area (Å²) < 4.78 is 2.74. The molecule has 2 heterocycles. The summed E-state index contributed by atoms with van der Waals surface area (Å²) in [6.07, 6.45) is 18.6. The van der Waals surface area contributed by atoms with Gasteiger partial charge >= 0.3 is 0 Å². The maximum absolute atomic E-state index is 2.43. The first-order valence-electron chi connectivity index (χ1n) is 17.0. The lowest BCUT2D eigenvalue weighted by Gasteiger charge is -2.18. The van der Waals surface area contributed by atoms with E-state index in [1.54, 1.807) is 0 Å². The van der Waals surface area contributed by atoms with Crippen LogP contribution in [0.15, 0.2) is 149 Å². The molecule has 0 saturated heterocycles. The fourth-order valence-corrected chi connectivity index (χ4v) is 9.94. The van der Waals surface area contributed by atoms with E-state index in [-0.39, 0.29) is 0 Å². The van der Waals surface area contributed by atoms with Crippen molar-refractivity contribution < 1.29 is 0 Å². The van der Waals surface area contributed by atoms with Gasteiger partial charge in [-0.1, -0.05) is 115 Å². The highest BCUT2D eigenvalue weighted by atomic mass is 32.2. The third-order valence-electron chi connectivity index (χ3n) is 10.1. The van der Waals surface area contributed by atoms with Crippen LogP contribution in [0, 0.1) is 0 Å². The van der Waals surface area contributed by atoms with Crippen LogP contribution < -0.4 is 0 Å². The molecule has 0 fully saturated rings. The first-order valence-corrected chi connectivity index (χ1v) is 18.7. The Hall–Kier alpha value is -4.63. The van der Waals surface area contributed by atoms with E-state index in [2.05, 4.69) is 147 Å². The Kier molecular flexibility index (Phi) is 7.45. The minimum atomic E-state index is 0.983. The topological polar surface area (TPSA) is 0 Å². The van der Waals surface area contributed by atoms with E-state index in [4.69, 9.17) is 0 Å². The fourth-order valence-electron chi connectivity index (χ4n) is 7.71. The highest BCUT2D eigenvalue weighted by molar-refractivity contribution is 8.03. The summed E-state index contributed by atoms with van der Waals surface area (Å²) in [6.45, 7) is 4.56. The molecule has 1 aliphatic carbocycles. The van der Waals surface area contributed by atoms with Gasteiger partial charge in [0.25, 0.3) is 0 Å². The molecule has 0 unspecified atom stereocenters. The van der Waals surface area contributed by atoms with Gasteiger partial charge in [0.2, 0.25) is 0 Å². The molecule has 9 rings (SSSR count). The second-order valence-electron chi connectivity index (χ2n) is 13.2. The van der Waals surface area contributed by atoms with Crippen molar-refractivity contribution in [1.29, 1.82) is 0 Å². The lowest BCUT2D eigenvalue weighted by molar-refractivity contribution is 0.821. The first-order chi connectivity index (χ1) is 23.6. The molecule has 0 saturated carbocycles. The van der Waals surface area contributed by atoms with Crippen LogP contribution in [0.1, 0.15) is 49.8 Å². The molecule has 1 aliphatic heterocycles. The van der Waals surface area contributed by atoms with Crippen LogP contribution in [0.5, 0.6) is 0 Å². The van der Waals surface area contributed by atoms with Crippen molar-refractivity contribution in [3.05, 3.63) is 161 Å². The SMILES string of the molecule is C/C(=C\C=C1\C=CCCC1)c1c2ccccc2c(/C(C)=C/C=C2\Cc3cc4cc5c(cc4cc3S2)sc2ccccc25)c2ccccc12. The number of allylic oxidation sites excluding steroid dienone is 10. The largest absolute Gasteiger partial charge is 0.135 e. The molecule has 0 radical (unpaired) electrons. The molecular weight excluding hydrogens is 617 g/mol. The van der Waals surface area contributed by atoms with Gasteiger partial charge in [-0.15, -0.1) is 11.3 Å². The van der Waals surface area contributed by atoms with Gasteiger partial charge in [-0.3, -0.25) is 0 Å². The quantitative estimate of drug-likeness (QED) is 0.171. The molecular formula is C46H36S2. The van der Waals surface area contributed by atoms with Gasteiger partial charge in [0.1, 0.15) is 0 Å². The Morgan fingerprint density at radius 1 is 0.625 bits per heavy atom. The van der Waals surface area contributed by atoms with E-state index in [1.165, 1.54) is 109 Å². The standard InChI is InChI=1S/C46H36S2/c1-29(20-22-31-12-4-3-5-13-31)45-37-15-6-8-17-39(37)46(40-18-9-7-16-38(40)45)30(2)21-23-35-25-34-24-32-26-41-36-14-10-11-19-42(36)48-44(41)28-33(32)27-43(34)47-35/h4,6-12,14-24,26-28H,3,5,13,25H2,1-2H3/b29-20+,30-21+,31-22-,35-23+. The Balaban J connectivity index is 1.09. The minimum Gasteiger partial charge on any atom is -0.135 e. The highest BCUT2D eigenvalue weighted by Gasteiger charge is 2.19. The van der Waals surface area contributed by atoms with Gasteiger partial charge in [0.05, 0.1) is 0 Å². The van der Waals surface area contributed by atoms with Crippen molar-refractivity contribution in [3.63, 3.8) is 0 Å². The molecule has 48 heavy (non-hydrogen) atoms. The predicted octanol–water partition coefficient (Wildman–Crippen LogP) is 14.2. The molecule has 0 nitrogen and oxygen atoms in total. The number of hydrogen-bond donors (Lipinski definition) is 0. The number of thiophene rings is 1. The summed E-state index contributed by atoms with van der Waals surface area (Å²) in [5.41, 5.74) is 8.14. The van der Waals surface area contributed by atoms with Gasteiger partial charge in [-0.2, -0.15) is 0 Å². The molecule has 2 aliphatic rings. The van der Waals surface area contributed by atoms with Crippen molar-refractivity contribution in [2.75, 3.05) is 0 Å². The second kappa shape index (κ2) is 12.1. The van der Waals surface area contributed by atoms with E-state index in [0.717, 1.165) is 12.8 Å². The summed E-state index contributed by atoms with van der Waals surface area (Å²) in [6, 6.07) is 36.4. The van der Waals surface area contributed by atoms with E-state index in [0.29, 0.717) is 0 Å². The van der Waals surface area contributed by atoms with E-state index < -0.39 is 0 Å². The van der Waals surface area contributed by atoms with Crippen LogP contribution in [-0.4, -0.2) is 0 Å². The minimum absolute atomic E-state index is 0.983. The summed E-state index contributed by atoms with van der Waals surface area (Å²) in [4.78, 5) is 2.79. The van der Waals surface area contributed by atoms with Crippen LogP contribution in [0.3, 0.4) is 0 Å². The molecule has 1 aromatic heterocycles. The second-order valence-corrected chi connectivity index (χ2v) is 15.5. The molecule has 0 amide bonds. The Bertz CT molecular complexity index is 2540. The lowest BCUT2D eigenvalue weighted by atomic mass is 9.86. The first kappa shape index (κ1) is 29.5. The van der Waals surface area contributed by atoms with E-state index in [1.807, 2.05) is 23.1 Å². The Labute approximate surface area is 290 Å². The predicted molar refractivity (Wildman–Crippen MR) is 214 cm³/mol. The monoisotopic (exact) mass is 652 g/mol. The van der Waals surface area contributed by atoms with Crippen LogP contribution in [0.2, 0.25) is 0 Å². The lowest BCUT2D eigenvalue weighted by Crippen LogP contribution is -1.94. The molecule has 0 bridgehead atoms. The molecule has 7 aromatic rings. The van der Waals surface area contributed by atoms with Crippen molar-refractivity contribution in [3.8, 4) is 0 Å². The molecule has 0 N–H and O–H groups in total. The third kappa shape index (κ3) is 5.15. The molecule has 0 atom stereocenters. The molecule has 6 aromatic carbocycles. The van der Waals surface area contributed by atoms with E-state index in [9.17, 15) is 0 Å². The maximum Gasteiger partial charge on any atom is 0.0361 e. The number of rotatable bonds is 4. The summed E-state index contributed by atoms with van der Waals surface area (Å²) in [5, 5.41) is 10.7. The van der Waals surface area contributed by atoms with Gasteiger partial charge < -0.3 is 0 Å². The molecule has 2 heteroatoms. The van der Waals surface area contributed by atoms with E-state index >= 15 is 0 Å². The van der Waals surface area contributed by atoms with Crippen molar-refractivity contribution in [2.24, 2.45) is 0 Å². The van der Waals surface area contributed by atoms with Gasteiger partial charge in [0.15, 0.2) is 0 Å². The van der Waals surface area contributed by atoms with Crippen molar-refractivity contribution in [1.82, 2.24) is 0 Å². The van der Waals surface area contributed by atoms with Gasteiger partial charge in [-0.25, -0.2) is 0 Å². The number of hydrogen-bond acceptors (Lipinski definition) is 2.